The lowest BCUT2D eigenvalue weighted by Crippen LogP contribution is -2.37. The molecule has 0 unspecified atom stereocenters. The van der Waals surface area contributed by atoms with Gasteiger partial charge in [0.2, 0.25) is 5.91 Å². The van der Waals surface area contributed by atoms with E-state index in [1.54, 1.807) is 20.8 Å². The Morgan fingerprint density at radius 1 is 1.03 bits per heavy atom. The molecule has 34 heavy (non-hydrogen) atoms. The van der Waals surface area contributed by atoms with Gasteiger partial charge in [-0.1, -0.05) is 42.5 Å². The molecule has 0 fully saturated rings. The Balaban J connectivity index is 1.58. The summed E-state index contributed by atoms with van der Waals surface area (Å²) in [5.74, 6) is -0.833. The first-order valence-corrected chi connectivity index (χ1v) is 11.2. The van der Waals surface area contributed by atoms with Gasteiger partial charge in [0.25, 0.3) is 0 Å². The van der Waals surface area contributed by atoms with Gasteiger partial charge in [-0.2, -0.15) is 5.10 Å². The predicted octanol–water partition coefficient (Wildman–Crippen LogP) is 5.11. The van der Waals surface area contributed by atoms with Crippen LogP contribution in [0.25, 0.3) is 22.0 Å². The van der Waals surface area contributed by atoms with Crippen molar-refractivity contribution in [3.05, 3.63) is 72.2 Å². The van der Waals surface area contributed by atoms with Crippen LogP contribution in [-0.2, 0) is 9.53 Å². The van der Waals surface area contributed by atoms with E-state index in [9.17, 15) is 9.59 Å². The van der Waals surface area contributed by atoms with Crippen LogP contribution in [0.1, 0.15) is 37.9 Å². The van der Waals surface area contributed by atoms with Crippen molar-refractivity contribution in [2.45, 2.75) is 39.2 Å². The maximum atomic E-state index is 13.4. The van der Waals surface area contributed by atoms with E-state index in [-0.39, 0.29) is 12.5 Å². The van der Waals surface area contributed by atoms with Crippen LogP contribution in [0.5, 0.6) is 0 Å². The number of ether oxygens (including phenoxy) is 1. The van der Waals surface area contributed by atoms with Gasteiger partial charge in [0.1, 0.15) is 5.60 Å². The molecule has 0 aliphatic carbocycles. The number of anilines is 1. The number of carbonyl (C=O) groups is 2. The summed E-state index contributed by atoms with van der Waals surface area (Å²) >= 11 is 0. The monoisotopic (exact) mass is 459 g/mol. The second kappa shape index (κ2) is 9.43. The average molecular weight is 460 g/mol. The first kappa shape index (κ1) is 23.1. The molecule has 1 atom stereocenters. The van der Waals surface area contributed by atoms with Crippen LogP contribution >= 0.6 is 0 Å². The molecule has 0 saturated heterocycles. The third-order valence-electron chi connectivity index (χ3n) is 5.46. The van der Waals surface area contributed by atoms with Gasteiger partial charge in [0.05, 0.1) is 22.8 Å². The fourth-order valence-corrected chi connectivity index (χ4v) is 3.88. The molecule has 2 amide bonds. The van der Waals surface area contributed by atoms with Crippen molar-refractivity contribution in [1.82, 2.24) is 20.5 Å². The Labute approximate surface area is 198 Å². The Kier molecular flexibility index (Phi) is 6.40. The number of nitrogens with zero attached hydrogens (tertiary/aromatic N) is 1. The summed E-state index contributed by atoms with van der Waals surface area (Å²) in [6.45, 7) is 7.43. The minimum Gasteiger partial charge on any atom is -0.444 e. The highest BCUT2D eigenvalue weighted by atomic mass is 16.6. The number of rotatable bonds is 6. The number of amides is 2. The lowest BCUT2D eigenvalue weighted by atomic mass is 9.98. The molecule has 4 rings (SSSR count). The van der Waals surface area contributed by atoms with Crippen molar-refractivity contribution in [1.29, 1.82) is 0 Å². The molecule has 2 heterocycles. The molecule has 4 N–H and O–H groups in total. The van der Waals surface area contributed by atoms with Crippen LogP contribution in [0.15, 0.2) is 60.9 Å². The van der Waals surface area contributed by atoms with Crippen molar-refractivity contribution in [2.75, 3.05) is 11.9 Å². The van der Waals surface area contributed by atoms with Gasteiger partial charge in [-0.15, -0.1) is 0 Å². The van der Waals surface area contributed by atoms with Crippen molar-refractivity contribution in [3.63, 3.8) is 0 Å². The third-order valence-corrected chi connectivity index (χ3v) is 5.46. The van der Waals surface area contributed by atoms with Crippen LogP contribution in [0.4, 0.5) is 10.5 Å². The summed E-state index contributed by atoms with van der Waals surface area (Å²) in [5, 5.41) is 13.9. The number of fused-ring (bicyclic) bond motifs is 1. The van der Waals surface area contributed by atoms with Gasteiger partial charge in [0, 0.05) is 35.5 Å². The number of benzene rings is 2. The maximum Gasteiger partial charge on any atom is 0.407 e. The second-order valence-electron chi connectivity index (χ2n) is 9.15. The Morgan fingerprint density at radius 3 is 2.47 bits per heavy atom. The lowest BCUT2D eigenvalue weighted by molar-refractivity contribution is -0.117. The molecule has 4 aromatic rings. The van der Waals surface area contributed by atoms with Gasteiger partial charge in [0.15, 0.2) is 0 Å². The van der Waals surface area contributed by atoms with Crippen LogP contribution in [0.2, 0.25) is 0 Å². The predicted molar refractivity (Wildman–Crippen MR) is 133 cm³/mol. The molecular formula is C26H29N5O3. The number of hydrogen-bond donors (Lipinski definition) is 4. The summed E-state index contributed by atoms with van der Waals surface area (Å²) in [6, 6.07) is 15.1. The zero-order valence-corrected chi connectivity index (χ0v) is 19.7. The average Bonchev–Trinajstić information content (AvgIpc) is 3.39. The fourth-order valence-electron chi connectivity index (χ4n) is 3.88. The van der Waals surface area contributed by atoms with Gasteiger partial charge >= 0.3 is 6.09 Å². The summed E-state index contributed by atoms with van der Waals surface area (Å²) in [7, 11) is 0. The smallest absolute Gasteiger partial charge is 0.407 e. The first-order valence-electron chi connectivity index (χ1n) is 11.2. The highest BCUT2D eigenvalue weighted by Gasteiger charge is 2.24. The number of carbonyl (C=O) groups excluding carboxylic acids is 2. The molecule has 0 saturated carbocycles. The fraction of sp³-hybridized carbons (Fsp3) is 0.269. The number of hydrogen-bond acceptors (Lipinski definition) is 4. The molecule has 0 aliphatic rings. The van der Waals surface area contributed by atoms with Crippen LogP contribution in [0.3, 0.4) is 0 Å². The van der Waals surface area contributed by atoms with Crippen molar-refractivity contribution < 1.29 is 14.3 Å². The quantitative estimate of drug-likeness (QED) is 0.321. The Morgan fingerprint density at radius 2 is 1.79 bits per heavy atom. The maximum absolute atomic E-state index is 13.4. The normalized spacial score (nSPS) is 12.4. The van der Waals surface area contributed by atoms with Crippen LogP contribution < -0.4 is 10.6 Å². The Bertz CT molecular complexity index is 1300. The molecule has 176 valence electrons. The van der Waals surface area contributed by atoms with E-state index in [1.165, 1.54) is 0 Å². The molecule has 2 aromatic carbocycles. The molecule has 0 radical (unpaired) electrons. The number of aromatic amines is 2. The van der Waals surface area contributed by atoms with E-state index in [1.807, 2.05) is 67.8 Å². The van der Waals surface area contributed by atoms with E-state index >= 15 is 0 Å². The number of nitrogens with one attached hydrogen (secondary N) is 4. The third kappa shape index (κ3) is 5.11. The molecule has 0 spiro atoms. The summed E-state index contributed by atoms with van der Waals surface area (Å²) in [6.07, 6.45) is 3.21. The summed E-state index contributed by atoms with van der Waals surface area (Å²) < 4.78 is 5.33. The number of aromatic nitrogens is 3. The number of H-pyrrole nitrogens is 2. The van der Waals surface area contributed by atoms with Crippen molar-refractivity contribution >= 4 is 28.6 Å². The topological polar surface area (TPSA) is 112 Å². The second-order valence-corrected chi connectivity index (χ2v) is 9.15. The molecule has 0 aliphatic heterocycles. The zero-order chi connectivity index (χ0) is 24.3. The van der Waals surface area contributed by atoms with Crippen LogP contribution in [-0.4, -0.2) is 39.3 Å². The molecule has 8 heteroatoms. The largest absolute Gasteiger partial charge is 0.444 e. The molecule has 2 aromatic heterocycles. The summed E-state index contributed by atoms with van der Waals surface area (Å²) in [5.41, 5.74) is 4.55. The summed E-state index contributed by atoms with van der Waals surface area (Å²) in [4.78, 5) is 28.9. The van der Waals surface area contributed by atoms with Crippen molar-refractivity contribution in [3.8, 4) is 11.1 Å². The van der Waals surface area contributed by atoms with Crippen molar-refractivity contribution in [2.24, 2.45) is 0 Å². The highest BCUT2D eigenvalue weighted by Crippen LogP contribution is 2.33. The highest BCUT2D eigenvalue weighted by molar-refractivity contribution is 6.07. The van der Waals surface area contributed by atoms with Gasteiger partial charge in [-0.25, -0.2) is 4.79 Å². The van der Waals surface area contributed by atoms with E-state index in [2.05, 4.69) is 25.8 Å². The minimum absolute atomic E-state index is 0.102. The SMILES string of the molecule is Cc1n[nH]cc1-c1c[nH]c2c(NC(=O)[C@H](CNC(=O)OC(C)(C)C)c3ccccc3)cccc12. The number of alkyl carbamates (subject to hydrolysis) is 1. The van der Waals surface area contributed by atoms with E-state index in [4.69, 9.17) is 4.74 Å². The number of para-hydroxylation sites is 1. The van der Waals surface area contributed by atoms with Crippen LogP contribution in [0, 0.1) is 6.92 Å². The molecular weight excluding hydrogens is 430 g/mol. The lowest BCUT2D eigenvalue weighted by Gasteiger charge is -2.22. The Hall–Kier alpha value is -4.07. The van der Waals surface area contributed by atoms with Gasteiger partial charge in [-0.05, 0) is 39.3 Å². The molecule has 8 nitrogen and oxygen atoms in total. The van der Waals surface area contributed by atoms with Gasteiger partial charge < -0.3 is 20.4 Å². The van der Waals surface area contributed by atoms with E-state index < -0.39 is 17.6 Å². The number of aryl methyl sites for hydroxylation is 1. The van der Waals surface area contributed by atoms with Gasteiger partial charge in [-0.3, -0.25) is 9.89 Å². The zero-order valence-electron chi connectivity index (χ0n) is 19.7. The van der Waals surface area contributed by atoms with E-state index in [0.717, 1.165) is 33.3 Å². The first-order chi connectivity index (χ1) is 16.2. The minimum atomic E-state index is -0.622. The standard InChI is InChI=1S/C26H29N5O3/c1-16-19(15-29-31-16)21-14-27-23-18(21)11-8-12-22(23)30-24(32)20(17-9-6-5-7-10-17)13-28-25(33)34-26(2,3)4/h5-12,14-15,20,27H,13H2,1-4H3,(H,28,33)(H,29,31)(H,30,32)/t20-/m1/s1. The molecule has 0 bridgehead atoms. The van der Waals surface area contributed by atoms with E-state index in [0.29, 0.717) is 5.69 Å².